The predicted octanol–water partition coefficient (Wildman–Crippen LogP) is 0.461. The lowest BCUT2D eigenvalue weighted by molar-refractivity contribution is 0.0947. The van der Waals surface area contributed by atoms with Crippen molar-refractivity contribution in [3.8, 4) is 11.8 Å². The lowest BCUT2D eigenvalue weighted by Crippen LogP contribution is -2.31. The van der Waals surface area contributed by atoms with Crippen molar-refractivity contribution in [2.24, 2.45) is 0 Å². The van der Waals surface area contributed by atoms with E-state index in [1.165, 1.54) is 18.2 Å². The van der Waals surface area contributed by atoms with Crippen molar-refractivity contribution in [2.75, 3.05) is 33.8 Å². The third kappa shape index (κ3) is 5.08. The summed E-state index contributed by atoms with van der Waals surface area (Å²) in [7, 11) is 3.77. The van der Waals surface area contributed by atoms with Gasteiger partial charge in [0.05, 0.1) is 5.56 Å². The SMILES string of the molecule is CN(C)CCNC(=O)c1cc(C#CCO)ccc1F. The molecule has 19 heavy (non-hydrogen) atoms. The van der Waals surface area contributed by atoms with Gasteiger partial charge in [-0.3, -0.25) is 4.79 Å². The zero-order chi connectivity index (χ0) is 14.3. The zero-order valence-electron chi connectivity index (χ0n) is 11.0. The van der Waals surface area contributed by atoms with E-state index < -0.39 is 11.7 Å². The van der Waals surface area contributed by atoms with Gasteiger partial charge in [0.15, 0.2) is 0 Å². The van der Waals surface area contributed by atoms with E-state index >= 15 is 0 Å². The van der Waals surface area contributed by atoms with Crippen LogP contribution in [-0.4, -0.2) is 49.7 Å². The number of aliphatic hydroxyl groups is 1. The molecule has 0 aliphatic carbocycles. The molecule has 0 spiro atoms. The highest BCUT2D eigenvalue weighted by molar-refractivity contribution is 5.94. The Morgan fingerprint density at radius 2 is 2.21 bits per heavy atom. The number of carbonyl (C=O) groups is 1. The van der Waals surface area contributed by atoms with Crippen LogP contribution in [0.25, 0.3) is 0 Å². The molecule has 1 amide bonds. The molecule has 0 atom stereocenters. The van der Waals surface area contributed by atoms with Gasteiger partial charge in [-0.25, -0.2) is 4.39 Å². The third-order valence-corrected chi connectivity index (χ3v) is 2.37. The molecular formula is C14H17FN2O2. The van der Waals surface area contributed by atoms with Crippen LogP contribution in [0.1, 0.15) is 15.9 Å². The molecule has 2 N–H and O–H groups in total. The monoisotopic (exact) mass is 264 g/mol. The molecule has 0 saturated heterocycles. The minimum Gasteiger partial charge on any atom is -0.384 e. The second-order valence-electron chi connectivity index (χ2n) is 4.21. The van der Waals surface area contributed by atoms with Crippen molar-refractivity contribution in [3.63, 3.8) is 0 Å². The van der Waals surface area contributed by atoms with Crippen LogP contribution in [0.4, 0.5) is 4.39 Å². The first-order chi connectivity index (χ1) is 9.04. The molecular weight excluding hydrogens is 247 g/mol. The highest BCUT2D eigenvalue weighted by Crippen LogP contribution is 2.09. The molecule has 4 nitrogen and oxygen atoms in total. The number of nitrogens with zero attached hydrogens (tertiary/aromatic N) is 1. The van der Waals surface area contributed by atoms with E-state index in [2.05, 4.69) is 17.2 Å². The summed E-state index contributed by atoms with van der Waals surface area (Å²) in [5, 5.41) is 11.2. The van der Waals surface area contributed by atoms with Gasteiger partial charge in [0.25, 0.3) is 5.91 Å². The number of rotatable bonds is 4. The molecule has 1 aromatic rings. The first-order valence-corrected chi connectivity index (χ1v) is 5.87. The molecule has 0 unspecified atom stereocenters. The smallest absolute Gasteiger partial charge is 0.254 e. The normalized spacial score (nSPS) is 9.95. The van der Waals surface area contributed by atoms with Gasteiger partial charge in [-0.05, 0) is 32.3 Å². The quantitative estimate of drug-likeness (QED) is 0.777. The van der Waals surface area contributed by atoms with Crippen LogP contribution in [0.15, 0.2) is 18.2 Å². The Bertz CT molecular complexity index is 504. The number of aliphatic hydroxyl groups excluding tert-OH is 1. The van der Waals surface area contributed by atoms with Crippen LogP contribution >= 0.6 is 0 Å². The average molecular weight is 264 g/mol. The molecule has 102 valence electrons. The Kier molecular flexibility index (Phi) is 6.00. The first-order valence-electron chi connectivity index (χ1n) is 5.87. The van der Waals surface area contributed by atoms with E-state index in [4.69, 9.17) is 5.11 Å². The minimum absolute atomic E-state index is 0.0384. The zero-order valence-corrected chi connectivity index (χ0v) is 11.0. The molecule has 1 aromatic carbocycles. The van der Waals surface area contributed by atoms with Crippen molar-refractivity contribution in [2.45, 2.75) is 0 Å². The molecule has 0 aliphatic heterocycles. The highest BCUT2D eigenvalue weighted by atomic mass is 19.1. The standard InChI is InChI=1S/C14H17FN2O2/c1-17(2)8-7-16-14(19)12-10-11(4-3-9-18)5-6-13(12)15/h5-6,10,18H,7-9H2,1-2H3,(H,16,19). The van der Waals surface area contributed by atoms with E-state index in [0.29, 0.717) is 18.7 Å². The average Bonchev–Trinajstić information content (AvgIpc) is 2.37. The maximum Gasteiger partial charge on any atom is 0.254 e. The minimum atomic E-state index is -0.586. The van der Waals surface area contributed by atoms with Crippen LogP contribution in [0.5, 0.6) is 0 Å². The molecule has 0 aliphatic rings. The van der Waals surface area contributed by atoms with Crippen molar-refractivity contribution < 1.29 is 14.3 Å². The fourth-order valence-corrected chi connectivity index (χ4v) is 1.41. The lowest BCUT2D eigenvalue weighted by Gasteiger charge is -2.10. The van der Waals surface area contributed by atoms with Crippen molar-refractivity contribution >= 4 is 5.91 Å². The summed E-state index contributed by atoms with van der Waals surface area (Å²) >= 11 is 0. The van der Waals surface area contributed by atoms with Gasteiger partial charge in [-0.1, -0.05) is 11.8 Å². The van der Waals surface area contributed by atoms with Crippen molar-refractivity contribution in [1.82, 2.24) is 10.2 Å². The molecule has 1 rings (SSSR count). The van der Waals surface area contributed by atoms with Crippen LogP contribution < -0.4 is 5.32 Å². The van der Waals surface area contributed by atoms with E-state index in [-0.39, 0.29) is 12.2 Å². The van der Waals surface area contributed by atoms with Gasteiger partial charge in [-0.15, -0.1) is 0 Å². The van der Waals surface area contributed by atoms with Gasteiger partial charge in [0, 0.05) is 18.7 Å². The summed E-state index contributed by atoms with van der Waals surface area (Å²) in [6.45, 7) is 0.844. The topological polar surface area (TPSA) is 52.6 Å². The Morgan fingerprint density at radius 1 is 1.47 bits per heavy atom. The van der Waals surface area contributed by atoms with Gasteiger partial charge >= 0.3 is 0 Å². The Hall–Kier alpha value is -1.90. The maximum absolute atomic E-state index is 13.6. The van der Waals surface area contributed by atoms with E-state index in [0.717, 1.165) is 0 Å². The van der Waals surface area contributed by atoms with Crippen molar-refractivity contribution in [1.29, 1.82) is 0 Å². The van der Waals surface area contributed by atoms with E-state index in [9.17, 15) is 9.18 Å². The molecule has 0 aromatic heterocycles. The molecule has 5 heteroatoms. The van der Waals surface area contributed by atoms with Gasteiger partial charge in [0.2, 0.25) is 0 Å². The number of likely N-dealkylation sites (N-methyl/N-ethyl adjacent to an activating group) is 1. The number of amides is 1. The number of nitrogens with one attached hydrogen (secondary N) is 1. The maximum atomic E-state index is 13.6. The van der Waals surface area contributed by atoms with Crippen molar-refractivity contribution in [3.05, 3.63) is 35.1 Å². The Balaban J connectivity index is 2.78. The fourth-order valence-electron chi connectivity index (χ4n) is 1.41. The summed E-state index contributed by atoms with van der Waals surface area (Å²) in [4.78, 5) is 13.7. The molecule has 0 fully saturated rings. The number of benzene rings is 1. The summed E-state index contributed by atoms with van der Waals surface area (Å²) in [5.41, 5.74) is 0.455. The van der Waals surface area contributed by atoms with Crippen LogP contribution in [0.2, 0.25) is 0 Å². The van der Waals surface area contributed by atoms with Gasteiger partial charge in [0.1, 0.15) is 12.4 Å². The van der Waals surface area contributed by atoms with Gasteiger partial charge < -0.3 is 15.3 Å². The lowest BCUT2D eigenvalue weighted by atomic mass is 10.1. The Labute approximate surface area is 112 Å². The molecule has 0 saturated carbocycles. The van der Waals surface area contributed by atoms with E-state index in [1.54, 1.807) is 0 Å². The summed E-state index contributed by atoms with van der Waals surface area (Å²) in [6.07, 6.45) is 0. The number of hydrogen-bond donors (Lipinski definition) is 2. The largest absolute Gasteiger partial charge is 0.384 e. The molecule has 0 radical (unpaired) electrons. The number of carbonyl (C=O) groups excluding carboxylic acids is 1. The third-order valence-electron chi connectivity index (χ3n) is 2.37. The second-order valence-corrected chi connectivity index (χ2v) is 4.21. The Morgan fingerprint density at radius 3 is 2.84 bits per heavy atom. The number of hydrogen-bond acceptors (Lipinski definition) is 3. The van der Waals surface area contributed by atoms with E-state index in [1.807, 2.05) is 19.0 Å². The van der Waals surface area contributed by atoms with Gasteiger partial charge in [-0.2, -0.15) is 0 Å². The van der Waals surface area contributed by atoms with Crippen LogP contribution in [0.3, 0.4) is 0 Å². The summed E-state index contributed by atoms with van der Waals surface area (Å²) in [5.74, 6) is 4.04. The second kappa shape index (κ2) is 7.52. The highest BCUT2D eigenvalue weighted by Gasteiger charge is 2.11. The number of halogens is 1. The molecule has 0 bridgehead atoms. The fraction of sp³-hybridized carbons (Fsp3) is 0.357. The van der Waals surface area contributed by atoms with Crippen LogP contribution in [0, 0.1) is 17.7 Å². The molecule has 0 heterocycles. The predicted molar refractivity (Wildman–Crippen MR) is 71.3 cm³/mol. The summed E-state index contributed by atoms with van der Waals surface area (Å²) in [6, 6.07) is 4.04. The summed E-state index contributed by atoms with van der Waals surface area (Å²) < 4.78 is 13.6. The van der Waals surface area contributed by atoms with Crippen LogP contribution in [-0.2, 0) is 0 Å². The first kappa shape index (κ1) is 15.2.